The lowest BCUT2D eigenvalue weighted by atomic mass is 10.2. The highest BCUT2D eigenvalue weighted by atomic mass is 16.2. The molecule has 2 saturated heterocycles. The van der Waals surface area contributed by atoms with Crippen molar-refractivity contribution in [1.82, 2.24) is 30.2 Å². The Labute approximate surface area is 174 Å². The summed E-state index contributed by atoms with van der Waals surface area (Å²) in [5.41, 5.74) is 0. The predicted octanol–water partition coefficient (Wildman–Crippen LogP) is 0.246. The highest BCUT2D eigenvalue weighted by Gasteiger charge is 2.45. The molecule has 0 aromatic rings. The second kappa shape index (κ2) is 9.55. The summed E-state index contributed by atoms with van der Waals surface area (Å²) < 4.78 is 0. The second-order valence-electron chi connectivity index (χ2n) is 7.94. The molecule has 2 rings (SSSR count). The number of rotatable bonds is 4. The summed E-state index contributed by atoms with van der Waals surface area (Å²) in [6, 6.07) is -3.15. The number of hydrogen-bond acceptors (Lipinski definition) is 6. The summed E-state index contributed by atoms with van der Waals surface area (Å²) >= 11 is 0. The van der Waals surface area contributed by atoms with Crippen LogP contribution in [-0.2, 0) is 9.59 Å². The number of imide groups is 4. The van der Waals surface area contributed by atoms with Crippen LogP contribution in [0.3, 0.4) is 0 Å². The van der Waals surface area contributed by atoms with Gasteiger partial charge in [-0.2, -0.15) is 0 Å². The van der Waals surface area contributed by atoms with Crippen LogP contribution in [0.5, 0.6) is 0 Å². The summed E-state index contributed by atoms with van der Waals surface area (Å²) in [6.45, 7) is 7.84. The Balaban J connectivity index is 1.97. The van der Waals surface area contributed by atoms with Crippen LogP contribution >= 0.6 is 0 Å². The summed E-state index contributed by atoms with van der Waals surface area (Å²) in [7, 11) is 0. The second-order valence-corrected chi connectivity index (χ2v) is 7.94. The molecule has 30 heavy (non-hydrogen) atoms. The minimum absolute atomic E-state index is 0.0561. The fourth-order valence-corrected chi connectivity index (χ4v) is 2.83. The fraction of sp³-hybridized carbons (Fsp3) is 0.667. The van der Waals surface area contributed by atoms with E-state index < -0.39 is 35.9 Å². The first kappa shape index (κ1) is 23.1. The average Bonchev–Trinajstić information content (AvgIpc) is 3.25. The molecule has 0 unspecified atom stereocenters. The summed E-state index contributed by atoms with van der Waals surface area (Å²) in [6.07, 6.45) is 0. The minimum atomic E-state index is -1.21. The van der Waals surface area contributed by atoms with Gasteiger partial charge in [0.05, 0.1) is 13.1 Å². The largest absolute Gasteiger partial charge is 0.337 e. The molecule has 2 heterocycles. The molecule has 0 aromatic carbocycles. The lowest BCUT2D eigenvalue weighted by Crippen LogP contribution is -2.50. The zero-order valence-corrected chi connectivity index (χ0v) is 17.6. The van der Waals surface area contributed by atoms with Crippen LogP contribution in [0.4, 0.5) is 19.2 Å². The van der Waals surface area contributed by atoms with Gasteiger partial charge >= 0.3 is 35.9 Å². The number of nitrogens with zero attached hydrogens (tertiary/aromatic N) is 4. The molecule has 0 aliphatic carbocycles. The lowest BCUT2D eigenvalue weighted by Gasteiger charge is -2.20. The van der Waals surface area contributed by atoms with E-state index >= 15 is 0 Å². The van der Waals surface area contributed by atoms with Gasteiger partial charge in [0.15, 0.2) is 0 Å². The van der Waals surface area contributed by atoms with Crippen molar-refractivity contribution in [1.29, 1.82) is 0 Å². The van der Waals surface area contributed by atoms with Crippen molar-refractivity contribution in [3.8, 4) is 0 Å². The number of urea groups is 4. The van der Waals surface area contributed by atoms with Crippen molar-refractivity contribution < 1.29 is 28.8 Å². The van der Waals surface area contributed by atoms with E-state index in [1.807, 2.05) is 27.7 Å². The molecule has 2 fully saturated rings. The van der Waals surface area contributed by atoms with Crippen LogP contribution in [0.1, 0.15) is 27.7 Å². The first-order valence-corrected chi connectivity index (χ1v) is 9.86. The van der Waals surface area contributed by atoms with Crippen molar-refractivity contribution in [3.63, 3.8) is 0 Å². The highest BCUT2D eigenvalue weighted by molar-refractivity contribution is 6.40. The van der Waals surface area contributed by atoms with E-state index in [1.165, 1.54) is 0 Å². The summed E-state index contributed by atoms with van der Waals surface area (Å²) in [4.78, 5) is 76.9. The van der Waals surface area contributed by atoms with Crippen molar-refractivity contribution in [2.45, 2.75) is 27.7 Å². The molecule has 10 amide bonds. The maximum Gasteiger partial charge on any atom is 0.335 e. The Kier molecular flexibility index (Phi) is 7.35. The number of carbonyl (C=O) groups excluding carboxylic acids is 6. The molecule has 2 aliphatic rings. The van der Waals surface area contributed by atoms with E-state index in [-0.39, 0.29) is 38.0 Å². The van der Waals surface area contributed by atoms with Gasteiger partial charge in [0, 0.05) is 26.2 Å². The van der Waals surface area contributed by atoms with Gasteiger partial charge in [-0.05, 0) is 11.8 Å². The third kappa shape index (κ3) is 5.05. The topological polar surface area (TPSA) is 139 Å². The number of nitrogens with one attached hydrogen (secondary N) is 2. The van der Waals surface area contributed by atoms with Gasteiger partial charge in [0.25, 0.3) is 0 Å². The molecular formula is C18H28N6O6. The maximum atomic E-state index is 12.5. The van der Waals surface area contributed by atoms with Gasteiger partial charge in [-0.15, -0.1) is 0 Å². The SMILES string of the molecule is CC(C)CNC(=O)N1CCN(C(=O)C(=O)N2CCN(C(=O)NCC(C)C)C2=O)C1=O. The molecule has 0 spiro atoms. The van der Waals surface area contributed by atoms with E-state index in [0.717, 1.165) is 9.80 Å². The first-order chi connectivity index (χ1) is 14.0. The van der Waals surface area contributed by atoms with Crippen LogP contribution in [0, 0.1) is 11.8 Å². The van der Waals surface area contributed by atoms with Gasteiger partial charge in [-0.3, -0.25) is 19.4 Å². The Bertz CT molecular complexity index is 689. The van der Waals surface area contributed by atoms with Gasteiger partial charge < -0.3 is 10.6 Å². The third-order valence-electron chi connectivity index (χ3n) is 4.50. The van der Waals surface area contributed by atoms with Crippen LogP contribution in [-0.4, -0.2) is 94.8 Å². The Hall–Kier alpha value is -3.18. The standard InChI is InChI=1S/C18H28N6O6/c1-11(2)9-19-15(27)23-7-5-21(17(23)29)13(25)14(26)22-6-8-24(18(22)30)16(28)20-10-12(3)4/h11-12H,5-10H2,1-4H3,(H,19,27)(H,20,28). The first-order valence-electron chi connectivity index (χ1n) is 9.86. The molecule has 2 aliphatic heterocycles. The molecule has 12 nitrogen and oxygen atoms in total. The Morgan fingerprint density at radius 2 is 0.967 bits per heavy atom. The Morgan fingerprint density at radius 3 is 1.27 bits per heavy atom. The molecule has 0 aromatic heterocycles. The average molecular weight is 424 g/mol. The van der Waals surface area contributed by atoms with Crippen LogP contribution in [0.15, 0.2) is 0 Å². The normalized spacial score (nSPS) is 16.7. The van der Waals surface area contributed by atoms with E-state index in [1.54, 1.807) is 0 Å². The molecule has 0 radical (unpaired) electrons. The zero-order chi connectivity index (χ0) is 22.6. The monoisotopic (exact) mass is 424 g/mol. The van der Waals surface area contributed by atoms with Crippen LogP contribution < -0.4 is 10.6 Å². The molecule has 0 saturated carbocycles. The molecule has 0 bridgehead atoms. The van der Waals surface area contributed by atoms with E-state index in [2.05, 4.69) is 10.6 Å². The van der Waals surface area contributed by atoms with E-state index in [0.29, 0.717) is 22.9 Å². The van der Waals surface area contributed by atoms with Crippen molar-refractivity contribution >= 4 is 35.9 Å². The summed E-state index contributed by atoms with van der Waals surface area (Å²) in [5, 5.41) is 5.14. The van der Waals surface area contributed by atoms with Crippen LogP contribution in [0.25, 0.3) is 0 Å². The minimum Gasteiger partial charge on any atom is -0.337 e. The van der Waals surface area contributed by atoms with E-state index in [9.17, 15) is 28.8 Å². The molecule has 2 N–H and O–H groups in total. The van der Waals surface area contributed by atoms with Crippen molar-refractivity contribution in [2.24, 2.45) is 11.8 Å². The number of amides is 10. The summed E-state index contributed by atoms with van der Waals surface area (Å²) in [5.74, 6) is -2.07. The van der Waals surface area contributed by atoms with Gasteiger partial charge in [-0.1, -0.05) is 27.7 Å². The fourth-order valence-electron chi connectivity index (χ4n) is 2.83. The smallest absolute Gasteiger partial charge is 0.335 e. The van der Waals surface area contributed by atoms with E-state index in [4.69, 9.17) is 0 Å². The third-order valence-corrected chi connectivity index (χ3v) is 4.50. The predicted molar refractivity (Wildman–Crippen MR) is 104 cm³/mol. The lowest BCUT2D eigenvalue weighted by molar-refractivity contribution is -0.147. The van der Waals surface area contributed by atoms with Crippen LogP contribution in [0.2, 0.25) is 0 Å². The van der Waals surface area contributed by atoms with Gasteiger partial charge in [-0.25, -0.2) is 29.0 Å². The molecule has 0 atom stereocenters. The molecular weight excluding hydrogens is 396 g/mol. The molecule has 12 heteroatoms. The number of carbonyl (C=O) groups is 6. The Morgan fingerprint density at radius 1 is 0.667 bits per heavy atom. The van der Waals surface area contributed by atoms with Crippen molar-refractivity contribution in [2.75, 3.05) is 39.3 Å². The van der Waals surface area contributed by atoms with Crippen molar-refractivity contribution in [3.05, 3.63) is 0 Å². The van der Waals surface area contributed by atoms with Gasteiger partial charge in [0.2, 0.25) is 0 Å². The molecule has 166 valence electrons. The maximum absolute atomic E-state index is 12.5. The zero-order valence-electron chi connectivity index (χ0n) is 17.6. The highest BCUT2D eigenvalue weighted by Crippen LogP contribution is 2.14. The quantitative estimate of drug-likeness (QED) is 0.620. The number of hydrogen-bond donors (Lipinski definition) is 2. The van der Waals surface area contributed by atoms with Gasteiger partial charge in [0.1, 0.15) is 0 Å².